The molecule has 0 aromatic carbocycles. The summed E-state index contributed by atoms with van der Waals surface area (Å²) in [4.78, 5) is 11.1. The van der Waals surface area contributed by atoms with Gasteiger partial charge >= 0.3 is 5.97 Å². The van der Waals surface area contributed by atoms with E-state index in [1.165, 1.54) is 0 Å². The van der Waals surface area contributed by atoms with Gasteiger partial charge in [-0.15, -0.1) is 12.4 Å². The number of aryl methyl sites for hydroxylation is 1. The number of hydrogen-bond acceptors (Lipinski definition) is 5. The molecule has 0 saturated carbocycles. The van der Waals surface area contributed by atoms with Gasteiger partial charge in [0.05, 0.1) is 24.8 Å². The number of aromatic nitrogens is 1. The molecule has 1 heterocycles. The highest BCUT2D eigenvalue weighted by Gasteiger charge is 2.16. The van der Waals surface area contributed by atoms with Crippen LogP contribution in [0.25, 0.3) is 0 Å². The molecule has 0 aliphatic rings. The second kappa shape index (κ2) is 6.42. The molecule has 6 heteroatoms. The van der Waals surface area contributed by atoms with Gasteiger partial charge in [0.15, 0.2) is 5.76 Å². The predicted molar refractivity (Wildman–Crippen MR) is 56.7 cm³/mol. The molecule has 0 saturated heterocycles. The summed E-state index contributed by atoms with van der Waals surface area (Å²) in [5.74, 6) is 0.185. The molecule has 86 valence electrons. The van der Waals surface area contributed by atoms with Crippen LogP contribution in [0.1, 0.15) is 30.8 Å². The summed E-state index contributed by atoms with van der Waals surface area (Å²) in [6.45, 7) is 3.91. The lowest BCUT2D eigenvalue weighted by Crippen LogP contribution is -2.16. The summed E-state index contributed by atoms with van der Waals surface area (Å²) < 4.78 is 9.68. The summed E-state index contributed by atoms with van der Waals surface area (Å²) in [5.41, 5.74) is 6.45. The van der Waals surface area contributed by atoms with Crippen molar-refractivity contribution in [2.75, 3.05) is 6.61 Å². The fourth-order valence-electron chi connectivity index (χ4n) is 1.06. The average molecular weight is 235 g/mol. The lowest BCUT2D eigenvalue weighted by molar-refractivity contribution is -0.143. The lowest BCUT2D eigenvalue weighted by atomic mass is 10.1. The predicted octanol–water partition coefficient (Wildman–Crippen LogP) is 1.36. The van der Waals surface area contributed by atoms with Gasteiger partial charge in [0.2, 0.25) is 0 Å². The Kier molecular flexibility index (Phi) is 5.96. The Morgan fingerprint density at radius 1 is 1.73 bits per heavy atom. The number of carbonyl (C=O) groups is 1. The Morgan fingerprint density at radius 2 is 2.40 bits per heavy atom. The lowest BCUT2D eigenvalue weighted by Gasteiger charge is -2.06. The van der Waals surface area contributed by atoms with Gasteiger partial charge in [-0.25, -0.2) is 0 Å². The largest absolute Gasteiger partial charge is 0.466 e. The number of esters is 1. The smallest absolute Gasteiger partial charge is 0.307 e. The van der Waals surface area contributed by atoms with Gasteiger partial charge < -0.3 is 15.0 Å². The first-order valence-corrected chi connectivity index (χ1v) is 4.48. The first kappa shape index (κ1) is 13.9. The van der Waals surface area contributed by atoms with E-state index in [1.54, 1.807) is 19.9 Å². The molecule has 1 atom stereocenters. The number of halogens is 1. The molecule has 0 fully saturated rings. The normalized spacial score (nSPS) is 11.7. The molecule has 5 nitrogen and oxygen atoms in total. The number of carbonyl (C=O) groups excluding carboxylic acids is 1. The van der Waals surface area contributed by atoms with Gasteiger partial charge in [0.25, 0.3) is 0 Å². The molecule has 0 amide bonds. The van der Waals surface area contributed by atoms with E-state index in [1.807, 2.05) is 0 Å². The molecule has 1 rings (SSSR count). The molecule has 1 aromatic rings. The summed E-state index contributed by atoms with van der Waals surface area (Å²) in [5, 5.41) is 3.68. The maximum Gasteiger partial charge on any atom is 0.307 e. The average Bonchev–Trinajstić information content (AvgIpc) is 2.52. The Morgan fingerprint density at radius 3 is 2.87 bits per heavy atom. The first-order valence-electron chi connectivity index (χ1n) is 4.48. The standard InChI is InChI=1S/C9H14N2O3.ClH/c1-3-13-9(12)5-7(10)8-4-6(2)11-14-8;/h4,7H,3,5,10H2,1-2H3;1H. The van der Waals surface area contributed by atoms with Crippen molar-refractivity contribution < 1.29 is 14.1 Å². The van der Waals surface area contributed by atoms with E-state index in [0.29, 0.717) is 12.4 Å². The van der Waals surface area contributed by atoms with Crippen LogP contribution in [0.4, 0.5) is 0 Å². The quantitative estimate of drug-likeness (QED) is 0.796. The van der Waals surface area contributed by atoms with Crippen molar-refractivity contribution >= 4 is 18.4 Å². The van der Waals surface area contributed by atoms with Gasteiger partial charge in [0, 0.05) is 6.07 Å². The van der Waals surface area contributed by atoms with E-state index >= 15 is 0 Å². The zero-order valence-corrected chi connectivity index (χ0v) is 9.54. The minimum atomic E-state index is -0.477. The second-order valence-corrected chi connectivity index (χ2v) is 2.99. The molecule has 1 aromatic heterocycles. The van der Waals surface area contributed by atoms with E-state index in [4.69, 9.17) is 15.0 Å². The molecule has 15 heavy (non-hydrogen) atoms. The van der Waals surface area contributed by atoms with Crippen LogP contribution >= 0.6 is 12.4 Å². The SMILES string of the molecule is CCOC(=O)CC(N)c1cc(C)no1.Cl. The fraction of sp³-hybridized carbons (Fsp3) is 0.556. The van der Waals surface area contributed by atoms with E-state index in [9.17, 15) is 4.79 Å². The van der Waals surface area contributed by atoms with Gasteiger partial charge in [-0.1, -0.05) is 5.16 Å². The Labute approximate surface area is 94.4 Å². The summed E-state index contributed by atoms with van der Waals surface area (Å²) in [6.07, 6.45) is 0.114. The third-order valence-electron chi connectivity index (χ3n) is 1.70. The number of nitrogens with zero attached hydrogens (tertiary/aromatic N) is 1. The van der Waals surface area contributed by atoms with Crippen molar-refractivity contribution in [2.24, 2.45) is 5.73 Å². The first-order chi connectivity index (χ1) is 6.63. The summed E-state index contributed by atoms with van der Waals surface area (Å²) in [7, 11) is 0. The Bertz CT molecular complexity index is 314. The minimum Gasteiger partial charge on any atom is -0.466 e. The topological polar surface area (TPSA) is 78.4 Å². The van der Waals surface area contributed by atoms with Gasteiger partial charge in [-0.3, -0.25) is 4.79 Å². The molecule has 0 aliphatic heterocycles. The highest BCUT2D eigenvalue weighted by atomic mass is 35.5. The van der Waals surface area contributed by atoms with Crippen molar-refractivity contribution in [2.45, 2.75) is 26.3 Å². The molecule has 0 bridgehead atoms. The third-order valence-corrected chi connectivity index (χ3v) is 1.70. The fourth-order valence-corrected chi connectivity index (χ4v) is 1.06. The van der Waals surface area contributed by atoms with Crippen LogP contribution in [-0.4, -0.2) is 17.7 Å². The zero-order valence-electron chi connectivity index (χ0n) is 8.73. The number of rotatable bonds is 4. The van der Waals surface area contributed by atoms with Gasteiger partial charge in [-0.2, -0.15) is 0 Å². The van der Waals surface area contributed by atoms with Crippen LogP contribution in [0.2, 0.25) is 0 Å². The summed E-state index contributed by atoms with van der Waals surface area (Å²) >= 11 is 0. The molecule has 2 N–H and O–H groups in total. The third kappa shape index (κ3) is 4.31. The highest BCUT2D eigenvalue weighted by Crippen LogP contribution is 2.15. The number of ether oxygens (including phenoxy) is 1. The summed E-state index contributed by atoms with van der Waals surface area (Å²) in [6, 6.07) is 1.24. The highest BCUT2D eigenvalue weighted by molar-refractivity contribution is 5.85. The zero-order chi connectivity index (χ0) is 10.6. The van der Waals surface area contributed by atoms with Crippen LogP contribution in [-0.2, 0) is 9.53 Å². The number of nitrogens with two attached hydrogens (primary N) is 1. The van der Waals surface area contributed by atoms with Crippen LogP contribution in [0.5, 0.6) is 0 Å². The van der Waals surface area contributed by atoms with Crippen molar-refractivity contribution in [3.05, 3.63) is 17.5 Å². The van der Waals surface area contributed by atoms with Gasteiger partial charge in [-0.05, 0) is 13.8 Å². The monoisotopic (exact) mass is 234 g/mol. The van der Waals surface area contributed by atoms with Crippen molar-refractivity contribution in [1.29, 1.82) is 0 Å². The van der Waals surface area contributed by atoms with Crippen molar-refractivity contribution in [3.8, 4) is 0 Å². The van der Waals surface area contributed by atoms with Crippen LogP contribution < -0.4 is 5.73 Å². The van der Waals surface area contributed by atoms with E-state index in [2.05, 4.69) is 5.16 Å². The van der Waals surface area contributed by atoms with E-state index in [-0.39, 0.29) is 24.8 Å². The number of hydrogen-bond donors (Lipinski definition) is 1. The van der Waals surface area contributed by atoms with Gasteiger partial charge in [0.1, 0.15) is 0 Å². The Balaban J connectivity index is 0.00000196. The molecular formula is C9H15ClN2O3. The molecule has 1 unspecified atom stereocenters. The van der Waals surface area contributed by atoms with E-state index in [0.717, 1.165) is 5.69 Å². The molecule has 0 radical (unpaired) electrons. The van der Waals surface area contributed by atoms with E-state index < -0.39 is 6.04 Å². The minimum absolute atomic E-state index is 0. The molecular weight excluding hydrogens is 220 g/mol. The maximum absolute atomic E-state index is 11.1. The Hall–Kier alpha value is -1.07. The van der Waals surface area contributed by atoms with Crippen LogP contribution in [0.15, 0.2) is 10.6 Å². The second-order valence-electron chi connectivity index (χ2n) is 2.99. The molecule has 0 aliphatic carbocycles. The maximum atomic E-state index is 11.1. The van der Waals surface area contributed by atoms with Crippen LogP contribution in [0.3, 0.4) is 0 Å². The van der Waals surface area contributed by atoms with Crippen molar-refractivity contribution in [3.63, 3.8) is 0 Å². The molecule has 0 spiro atoms. The van der Waals surface area contributed by atoms with Crippen molar-refractivity contribution in [1.82, 2.24) is 5.16 Å². The van der Waals surface area contributed by atoms with Crippen LogP contribution in [0, 0.1) is 6.92 Å².